The van der Waals surface area contributed by atoms with Crippen LogP contribution in [0.2, 0.25) is 0 Å². The summed E-state index contributed by atoms with van der Waals surface area (Å²) >= 11 is 0. The van der Waals surface area contributed by atoms with Gasteiger partial charge >= 0.3 is 5.69 Å². The van der Waals surface area contributed by atoms with Crippen LogP contribution < -0.4 is 16.6 Å². The van der Waals surface area contributed by atoms with Gasteiger partial charge in [-0.15, -0.1) is 0 Å². The van der Waals surface area contributed by atoms with Crippen LogP contribution in [0.4, 0.5) is 0 Å². The zero-order valence-electron chi connectivity index (χ0n) is 13.4. The van der Waals surface area contributed by atoms with E-state index in [1.54, 1.807) is 7.05 Å². The summed E-state index contributed by atoms with van der Waals surface area (Å²) in [5, 5.41) is 2.75. The van der Waals surface area contributed by atoms with E-state index in [-0.39, 0.29) is 18.0 Å². The fourth-order valence-electron chi connectivity index (χ4n) is 2.32. The van der Waals surface area contributed by atoms with Gasteiger partial charge in [0, 0.05) is 32.3 Å². The molecule has 2 rings (SSSR count). The van der Waals surface area contributed by atoms with Crippen LogP contribution in [0.15, 0.2) is 46.0 Å². The molecule has 23 heavy (non-hydrogen) atoms. The molecule has 0 aliphatic heterocycles. The highest BCUT2D eigenvalue weighted by Crippen LogP contribution is 2.04. The third-order valence-corrected chi connectivity index (χ3v) is 3.80. The normalized spacial score (nSPS) is 10.5. The van der Waals surface area contributed by atoms with Crippen LogP contribution in [0.5, 0.6) is 0 Å². The second-order valence-electron chi connectivity index (χ2n) is 5.49. The summed E-state index contributed by atoms with van der Waals surface area (Å²) in [6.45, 7) is 0.173. The Morgan fingerprint density at radius 2 is 1.78 bits per heavy atom. The summed E-state index contributed by atoms with van der Waals surface area (Å²) in [6, 6.07) is 11.4. The first kappa shape index (κ1) is 16.7. The summed E-state index contributed by atoms with van der Waals surface area (Å²) in [5.41, 5.74) is 0.927. The van der Waals surface area contributed by atoms with E-state index >= 15 is 0 Å². The average Bonchev–Trinajstić information content (AvgIpc) is 2.56. The maximum Gasteiger partial charge on any atom is 0.330 e. The van der Waals surface area contributed by atoms with E-state index in [1.807, 2.05) is 30.3 Å². The molecule has 1 amide bonds. The molecule has 0 atom stereocenters. The van der Waals surface area contributed by atoms with Crippen LogP contribution in [0, 0.1) is 0 Å². The molecular formula is C17H21N3O3. The standard InChI is InChI=1S/C17H21N3O3/c1-19-14(11-16(22)20(2)17(19)23)12-18-15(21)10-6-9-13-7-4-3-5-8-13/h3-5,7-8,11H,6,9-10,12H2,1-2H3,(H,18,21). The van der Waals surface area contributed by atoms with E-state index in [0.29, 0.717) is 12.1 Å². The van der Waals surface area contributed by atoms with Crippen molar-refractivity contribution in [2.45, 2.75) is 25.8 Å². The minimum Gasteiger partial charge on any atom is -0.351 e. The monoisotopic (exact) mass is 315 g/mol. The molecule has 0 radical (unpaired) electrons. The third-order valence-electron chi connectivity index (χ3n) is 3.80. The van der Waals surface area contributed by atoms with Crippen molar-refractivity contribution in [1.82, 2.24) is 14.5 Å². The lowest BCUT2D eigenvalue weighted by Crippen LogP contribution is -2.39. The van der Waals surface area contributed by atoms with Crippen LogP contribution in [0.1, 0.15) is 24.1 Å². The number of amides is 1. The number of carbonyl (C=O) groups excluding carboxylic acids is 1. The molecule has 0 saturated heterocycles. The molecule has 0 spiro atoms. The zero-order valence-corrected chi connectivity index (χ0v) is 13.4. The molecule has 6 nitrogen and oxygen atoms in total. The predicted molar refractivity (Wildman–Crippen MR) is 88.2 cm³/mol. The lowest BCUT2D eigenvalue weighted by Gasteiger charge is -2.10. The number of aryl methyl sites for hydroxylation is 1. The molecule has 6 heteroatoms. The van der Waals surface area contributed by atoms with Crippen molar-refractivity contribution in [3.05, 3.63) is 68.5 Å². The van der Waals surface area contributed by atoms with Crippen molar-refractivity contribution in [3.63, 3.8) is 0 Å². The van der Waals surface area contributed by atoms with Gasteiger partial charge in [-0.3, -0.25) is 18.7 Å². The van der Waals surface area contributed by atoms with Crippen molar-refractivity contribution in [2.24, 2.45) is 14.1 Å². The summed E-state index contributed by atoms with van der Waals surface area (Å²) in [7, 11) is 3.01. The Balaban J connectivity index is 1.85. The number of benzene rings is 1. The largest absolute Gasteiger partial charge is 0.351 e. The van der Waals surface area contributed by atoms with Gasteiger partial charge in [-0.1, -0.05) is 30.3 Å². The minimum atomic E-state index is -0.397. The molecule has 1 aromatic carbocycles. The minimum absolute atomic E-state index is 0.0888. The van der Waals surface area contributed by atoms with E-state index in [2.05, 4.69) is 5.32 Å². The lowest BCUT2D eigenvalue weighted by atomic mass is 10.1. The summed E-state index contributed by atoms with van der Waals surface area (Å²) < 4.78 is 2.40. The van der Waals surface area contributed by atoms with Gasteiger partial charge in [-0.05, 0) is 18.4 Å². The molecule has 0 fully saturated rings. The van der Waals surface area contributed by atoms with Crippen LogP contribution in [0.3, 0.4) is 0 Å². The number of nitrogens with one attached hydrogen (secondary N) is 1. The number of rotatable bonds is 6. The van der Waals surface area contributed by atoms with E-state index < -0.39 is 5.69 Å². The Bertz CT molecular complexity index is 791. The maximum atomic E-state index is 11.9. The average molecular weight is 315 g/mol. The molecule has 1 N–H and O–H groups in total. The van der Waals surface area contributed by atoms with Crippen molar-refractivity contribution in [3.8, 4) is 0 Å². The summed E-state index contributed by atoms with van der Waals surface area (Å²) in [6.07, 6.45) is 2.01. The number of hydrogen-bond donors (Lipinski definition) is 1. The second-order valence-corrected chi connectivity index (χ2v) is 5.49. The van der Waals surface area contributed by atoms with Gasteiger partial charge in [0.2, 0.25) is 5.91 Å². The molecule has 122 valence electrons. The number of aromatic nitrogens is 2. The van der Waals surface area contributed by atoms with Crippen molar-refractivity contribution >= 4 is 5.91 Å². The highest BCUT2D eigenvalue weighted by atomic mass is 16.2. The zero-order chi connectivity index (χ0) is 16.8. The van der Waals surface area contributed by atoms with Crippen LogP contribution in [0.25, 0.3) is 0 Å². The molecule has 0 aliphatic rings. The fraction of sp³-hybridized carbons (Fsp3) is 0.353. The SMILES string of the molecule is Cn1c(CNC(=O)CCCc2ccccc2)cc(=O)n(C)c1=O. The maximum absolute atomic E-state index is 11.9. The van der Waals surface area contributed by atoms with Crippen LogP contribution in [-0.2, 0) is 31.9 Å². The Labute approximate surface area is 134 Å². The molecule has 0 unspecified atom stereocenters. The molecular weight excluding hydrogens is 294 g/mol. The van der Waals surface area contributed by atoms with Crippen LogP contribution >= 0.6 is 0 Å². The topological polar surface area (TPSA) is 73.1 Å². The first-order valence-corrected chi connectivity index (χ1v) is 7.55. The highest BCUT2D eigenvalue weighted by molar-refractivity contribution is 5.75. The van der Waals surface area contributed by atoms with E-state index in [4.69, 9.17) is 0 Å². The van der Waals surface area contributed by atoms with E-state index in [9.17, 15) is 14.4 Å². The molecule has 1 aromatic heterocycles. The molecule has 0 aliphatic carbocycles. The second kappa shape index (κ2) is 7.58. The van der Waals surface area contributed by atoms with Crippen molar-refractivity contribution < 1.29 is 4.79 Å². The smallest absolute Gasteiger partial charge is 0.330 e. The van der Waals surface area contributed by atoms with E-state index in [1.165, 1.54) is 23.2 Å². The molecule has 2 aromatic rings. The van der Waals surface area contributed by atoms with Crippen LogP contribution in [-0.4, -0.2) is 15.0 Å². The van der Waals surface area contributed by atoms with Gasteiger partial charge in [0.15, 0.2) is 0 Å². The molecule has 0 saturated carbocycles. The van der Waals surface area contributed by atoms with Crippen molar-refractivity contribution in [1.29, 1.82) is 0 Å². The van der Waals surface area contributed by atoms with Gasteiger partial charge in [-0.25, -0.2) is 4.79 Å². The first-order valence-electron chi connectivity index (χ1n) is 7.55. The third kappa shape index (κ3) is 4.42. The number of hydrogen-bond acceptors (Lipinski definition) is 3. The Kier molecular flexibility index (Phi) is 5.51. The van der Waals surface area contributed by atoms with Gasteiger partial charge in [-0.2, -0.15) is 0 Å². The van der Waals surface area contributed by atoms with Gasteiger partial charge in [0.05, 0.1) is 6.54 Å². The van der Waals surface area contributed by atoms with E-state index in [0.717, 1.165) is 17.4 Å². The highest BCUT2D eigenvalue weighted by Gasteiger charge is 2.07. The number of carbonyl (C=O) groups is 1. The fourth-order valence-corrected chi connectivity index (χ4v) is 2.32. The Morgan fingerprint density at radius 3 is 2.48 bits per heavy atom. The molecule has 0 bridgehead atoms. The first-order chi connectivity index (χ1) is 11.0. The predicted octanol–water partition coefficient (Wildman–Crippen LogP) is 0.723. The lowest BCUT2D eigenvalue weighted by molar-refractivity contribution is -0.121. The Hall–Kier alpha value is -2.63. The van der Waals surface area contributed by atoms with Gasteiger partial charge in [0.1, 0.15) is 0 Å². The quantitative estimate of drug-likeness (QED) is 0.854. The van der Waals surface area contributed by atoms with Gasteiger partial charge < -0.3 is 5.32 Å². The van der Waals surface area contributed by atoms with Crippen molar-refractivity contribution in [2.75, 3.05) is 0 Å². The summed E-state index contributed by atoms with van der Waals surface area (Å²) in [5.74, 6) is -0.0888. The number of nitrogens with zero attached hydrogens (tertiary/aromatic N) is 2. The molecule has 1 heterocycles. The summed E-state index contributed by atoms with van der Waals surface area (Å²) in [4.78, 5) is 35.3. The Morgan fingerprint density at radius 1 is 1.09 bits per heavy atom. The van der Waals surface area contributed by atoms with Gasteiger partial charge in [0.25, 0.3) is 5.56 Å².